The molecular formula is C16H27BrN4. The Labute approximate surface area is 137 Å². The Hall–Kier alpha value is -0.650. The predicted octanol–water partition coefficient (Wildman–Crippen LogP) is 2.88. The second-order valence-corrected chi connectivity index (χ2v) is 6.70. The van der Waals surface area contributed by atoms with E-state index in [1.165, 1.54) is 31.5 Å². The average Bonchev–Trinajstić information content (AvgIpc) is 2.98. The van der Waals surface area contributed by atoms with Crippen LogP contribution >= 0.6 is 15.9 Å². The summed E-state index contributed by atoms with van der Waals surface area (Å²) in [5, 5.41) is 3.47. The number of aromatic nitrogens is 1. The third kappa shape index (κ3) is 5.24. The minimum absolute atomic E-state index is 0.879. The van der Waals surface area contributed by atoms with Crippen LogP contribution in [0.5, 0.6) is 0 Å². The smallest absolute Gasteiger partial charge is 0.132 e. The van der Waals surface area contributed by atoms with Crippen molar-refractivity contribution < 1.29 is 0 Å². The van der Waals surface area contributed by atoms with Crippen LogP contribution in [0.3, 0.4) is 0 Å². The molecule has 1 saturated heterocycles. The van der Waals surface area contributed by atoms with Gasteiger partial charge in [-0.15, -0.1) is 0 Å². The van der Waals surface area contributed by atoms with Gasteiger partial charge in [0.05, 0.1) is 0 Å². The fourth-order valence-corrected chi connectivity index (χ4v) is 3.13. The monoisotopic (exact) mass is 354 g/mol. The highest BCUT2D eigenvalue weighted by Crippen LogP contribution is 2.21. The lowest BCUT2D eigenvalue weighted by molar-refractivity contribution is 0.346. The summed E-state index contributed by atoms with van der Waals surface area (Å²) in [6, 6.07) is 2.18. The SMILES string of the molecule is CCCNCc1cc(Br)cnc1N(C)CCN1CCCC1. The summed E-state index contributed by atoms with van der Waals surface area (Å²) in [6.45, 7) is 8.80. The molecule has 4 nitrogen and oxygen atoms in total. The van der Waals surface area contributed by atoms with Crippen molar-refractivity contribution in [3.63, 3.8) is 0 Å². The van der Waals surface area contributed by atoms with Crippen molar-refractivity contribution in [1.82, 2.24) is 15.2 Å². The van der Waals surface area contributed by atoms with E-state index < -0.39 is 0 Å². The molecule has 1 aliphatic heterocycles. The first kappa shape index (κ1) is 16.7. The van der Waals surface area contributed by atoms with E-state index in [4.69, 9.17) is 0 Å². The molecule has 0 aliphatic carbocycles. The highest BCUT2D eigenvalue weighted by atomic mass is 79.9. The molecule has 0 amide bonds. The van der Waals surface area contributed by atoms with Crippen molar-refractivity contribution in [2.45, 2.75) is 32.7 Å². The molecule has 0 bridgehead atoms. The molecule has 1 aliphatic rings. The minimum Gasteiger partial charge on any atom is -0.358 e. The normalized spacial score (nSPS) is 15.6. The molecule has 2 heterocycles. The third-order valence-electron chi connectivity index (χ3n) is 3.96. The van der Waals surface area contributed by atoms with Crippen LogP contribution in [0.4, 0.5) is 5.82 Å². The van der Waals surface area contributed by atoms with Crippen LogP contribution in [0, 0.1) is 0 Å². The predicted molar refractivity (Wildman–Crippen MR) is 92.9 cm³/mol. The molecule has 1 N–H and O–H groups in total. The largest absolute Gasteiger partial charge is 0.358 e. The van der Waals surface area contributed by atoms with Gasteiger partial charge in [0, 0.05) is 42.9 Å². The Kier molecular flexibility index (Phi) is 6.93. The van der Waals surface area contributed by atoms with Gasteiger partial charge in [0.15, 0.2) is 0 Å². The van der Waals surface area contributed by atoms with Crippen molar-refractivity contribution in [1.29, 1.82) is 0 Å². The van der Waals surface area contributed by atoms with Gasteiger partial charge in [-0.2, -0.15) is 0 Å². The Morgan fingerprint density at radius 1 is 1.38 bits per heavy atom. The Morgan fingerprint density at radius 2 is 2.14 bits per heavy atom. The Bertz CT molecular complexity index is 432. The van der Waals surface area contributed by atoms with Gasteiger partial charge in [-0.05, 0) is 60.9 Å². The fourth-order valence-electron chi connectivity index (χ4n) is 2.75. The molecule has 1 aromatic heterocycles. The van der Waals surface area contributed by atoms with E-state index in [9.17, 15) is 0 Å². The first-order valence-corrected chi connectivity index (χ1v) is 8.78. The van der Waals surface area contributed by atoms with Crippen molar-refractivity contribution in [3.8, 4) is 0 Å². The maximum absolute atomic E-state index is 4.62. The second-order valence-electron chi connectivity index (χ2n) is 5.78. The van der Waals surface area contributed by atoms with Crippen molar-refractivity contribution in [2.75, 3.05) is 44.7 Å². The molecular weight excluding hydrogens is 328 g/mol. The van der Waals surface area contributed by atoms with Crippen molar-refractivity contribution >= 4 is 21.7 Å². The summed E-state index contributed by atoms with van der Waals surface area (Å²) in [5.41, 5.74) is 1.27. The van der Waals surface area contributed by atoms with E-state index in [1.54, 1.807) is 0 Å². The van der Waals surface area contributed by atoms with Crippen LogP contribution in [0.1, 0.15) is 31.7 Å². The molecule has 21 heavy (non-hydrogen) atoms. The number of nitrogens with zero attached hydrogens (tertiary/aromatic N) is 3. The summed E-state index contributed by atoms with van der Waals surface area (Å²) in [5.74, 6) is 1.10. The maximum Gasteiger partial charge on any atom is 0.132 e. The van der Waals surface area contributed by atoms with Crippen LogP contribution < -0.4 is 10.2 Å². The topological polar surface area (TPSA) is 31.4 Å². The van der Waals surface area contributed by atoms with Gasteiger partial charge in [0.2, 0.25) is 0 Å². The molecule has 118 valence electrons. The molecule has 0 spiro atoms. The van der Waals surface area contributed by atoms with Gasteiger partial charge in [-0.25, -0.2) is 4.98 Å². The van der Waals surface area contributed by atoms with Gasteiger partial charge in [-0.3, -0.25) is 0 Å². The molecule has 5 heteroatoms. The number of rotatable bonds is 8. The lowest BCUT2D eigenvalue weighted by Gasteiger charge is -2.24. The summed E-state index contributed by atoms with van der Waals surface area (Å²) >= 11 is 3.53. The first-order valence-electron chi connectivity index (χ1n) is 7.99. The molecule has 2 rings (SSSR count). The van der Waals surface area contributed by atoms with Gasteiger partial charge < -0.3 is 15.1 Å². The maximum atomic E-state index is 4.62. The number of nitrogens with one attached hydrogen (secondary N) is 1. The Balaban J connectivity index is 1.95. The number of anilines is 1. The lowest BCUT2D eigenvalue weighted by atomic mass is 10.2. The second kappa shape index (κ2) is 8.71. The van der Waals surface area contributed by atoms with Crippen LogP contribution in [0.15, 0.2) is 16.7 Å². The van der Waals surface area contributed by atoms with E-state index in [-0.39, 0.29) is 0 Å². The molecule has 1 aromatic rings. The number of likely N-dealkylation sites (N-methyl/N-ethyl adjacent to an activating group) is 1. The average molecular weight is 355 g/mol. The lowest BCUT2D eigenvalue weighted by Crippen LogP contribution is -2.32. The van der Waals surface area contributed by atoms with E-state index in [1.807, 2.05) is 6.20 Å². The molecule has 0 saturated carbocycles. The quantitative estimate of drug-likeness (QED) is 0.727. The van der Waals surface area contributed by atoms with Crippen LogP contribution in [-0.4, -0.2) is 49.7 Å². The number of halogens is 1. The highest BCUT2D eigenvalue weighted by molar-refractivity contribution is 9.10. The number of likely N-dealkylation sites (tertiary alicyclic amines) is 1. The van der Waals surface area contributed by atoms with E-state index in [2.05, 4.69) is 56.1 Å². The zero-order valence-corrected chi connectivity index (χ0v) is 14.8. The fraction of sp³-hybridized carbons (Fsp3) is 0.688. The van der Waals surface area contributed by atoms with Crippen molar-refractivity contribution in [3.05, 3.63) is 22.3 Å². The zero-order valence-electron chi connectivity index (χ0n) is 13.2. The van der Waals surface area contributed by atoms with E-state index >= 15 is 0 Å². The molecule has 0 atom stereocenters. The summed E-state index contributed by atoms with van der Waals surface area (Å²) in [6.07, 6.45) is 5.76. The van der Waals surface area contributed by atoms with Gasteiger partial charge in [0.25, 0.3) is 0 Å². The van der Waals surface area contributed by atoms with Crippen LogP contribution in [0.2, 0.25) is 0 Å². The third-order valence-corrected chi connectivity index (χ3v) is 4.40. The molecule has 0 aromatic carbocycles. The van der Waals surface area contributed by atoms with E-state index in [0.29, 0.717) is 0 Å². The molecule has 0 unspecified atom stereocenters. The number of hydrogen-bond acceptors (Lipinski definition) is 4. The zero-order chi connectivity index (χ0) is 15.1. The van der Waals surface area contributed by atoms with Crippen molar-refractivity contribution in [2.24, 2.45) is 0 Å². The minimum atomic E-state index is 0.879. The van der Waals surface area contributed by atoms with Crippen LogP contribution in [0.25, 0.3) is 0 Å². The first-order chi connectivity index (χ1) is 10.2. The summed E-state index contributed by atoms with van der Waals surface area (Å²) in [7, 11) is 2.15. The number of hydrogen-bond donors (Lipinski definition) is 1. The van der Waals surface area contributed by atoms with Gasteiger partial charge in [0.1, 0.15) is 5.82 Å². The van der Waals surface area contributed by atoms with E-state index in [0.717, 1.165) is 42.9 Å². The summed E-state index contributed by atoms with van der Waals surface area (Å²) in [4.78, 5) is 9.45. The standard InChI is InChI=1S/C16H27BrN4/c1-3-6-18-12-14-11-15(17)13-19-16(14)20(2)9-10-21-7-4-5-8-21/h11,13,18H,3-10,12H2,1-2H3. The highest BCUT2D eigenvalue weighted by Gasteiger charge is 2.14. The van der Waals surface area contributed by atoms with Crippen LogP contribution in [-0.2, 0) is 6.54 Å². The van der Waals surface area contributed by atoms with Gasteiger partial charge in [-0.1, -0.05) is 6.92 Å². The number of pyridine rings is 1. The molecule has 1 fully saturated rings. The summed E-state index contributed by atoms with van der Waals surface area (Å²) < 4.78 is 1.05. The van der Waals surface area contributed by atoms with Gasteiger partial charge >= 0.3 is 0 Å². The Morgan fingerprint density at radius 3 is 2.86 bits per heavy atom. The molecule has 0 radical (unpaired) electrons.